The van der Waals surface area contributed by atoms with Crippen LogP contribution in [-0.4, -0.2) is 43.7 Å². The number of nitrogens with one attached hydrogen (secondary N) is 1. The van der Waals surface area contributed by atoms with Crippen molar-refractivity contribution in [2.75, 3.05) is 13.2 Å². The van der Waals surface area contributed by atoms with Crippen LogP contribution >= 0.6 is 11.6 Å². The number of carbonyl (C=O) groups excluding carboxylic acids is 1. The summed E-state index contributed by atoms with van der Waals surface area (Å²) in [6, 6.07) is 8.71. The Labute approximate surface area is 160 Å². The van der Waals surface area contributed by atoms with Crippen molar-refractivity contribution < 1.29 is 9.90 Å². The highest BCUT2D eigenvalue weighted by atomic mass is 35.5. The standard InChI is InChI=1S/C18H18ClN5O3/c1-23-11-15(10-21-23)24-18(27)16(17(26)20-6-7-25)9-14(22-24)8-12-2-4-13(19)5-3-12/h2-5,9-11,25H,6-8H2,1H3,(H,20,26). The van der Waals surface area contributed by atoms with Gasteiger partial charge in [-0.2, -0.15) is 14.9 Å². The summed E-state index contributed by atoms with van der Waals surface area (Å²) in [5.41, 5.74) is 1.32. The Bertz CT molecular complexity index is 1010. The highest BCUT2D eigenvalue weighted by Crippen LogP contribution is 2.13. The number of carbonyl (C=O) groups is 1. The number of rotatable bonds is 6. The molecule has 3 rings (SSSR count). The number of hydrogen-bond acceptors (Lipinski definition) is 5. The van der Waals surface area contributed by atoms with Crippen LogP contribution in [0.2, 0.25) is 5.02 Å². The van der Waals surface area contributed by atoms with Crippen molar-refractivity contribution in [2.24, 2.45) is 7.05 Å². The Morgan fingerprint density at radius 1 is 1.30 bits per heavy atom. The van der Waals surface area contributed by atoms with Gasteiger partial charge in [-0.25, -0.2) is 0 Å². The van der Waals surface area contributed by atoms with Gasteiger partial charge in [0.1, 0.15) is 11.3 Å². The molecule has 0 aliphatic rings. The van der Waals surface area contributed by atoms with Gasteiger partial charge in [0.2, 0.25) is 0 Å². The predicted octanol–water partition coefficient (Wildman–Crippen LogP) is 0.932. The minimum atomic E-state index is -0.563. The van der Waals surface area contributed by atoms with Gasteiger partial charge in [-0.15, -0.1) is 0 Å². The lowest BCUT2D eigenvalue weighted by atomic mass is 10.1. The van der Waals surface area contributed by atoms with Gasteiger partial charge in [-0.05, 0) is 23.8 Å². The molecule has 2 N–H and O–H groups in total. The Kier molecular flexibility index (Phi) is 5.68. The molecule has 27 heavy (non-hydrogen) atoms. The Hall–Kier alpha value is -2.97. The van der Waals surface area contributed by atoms with E-state index in [0.29, 0.717) is 22.8 Å². The molecule has 0 aliphatic carbocycles. The summed E-state index contributed by atoms with van der Waals surface area (Å²) in [5, 5.41) is 20.5. The lowest BCUT2D eigenvalue weighted by molar-refractivity contribution is 0.0942. The molecule has 0 saturated heterocycles. The van der Waals surface area contributed by atoms with Crippen molar-refractivity contribution in [1.29, 1.82) is 0 Å². The van der Waals surface area contributed by atoms with Gasteiger partial charge in [0.05, 0.1) is 24.7 Å². The summed E-state index contributed by atoms with van der Waals surface area (Å²) < 4.78 is 2.70. The lowest BCUT2D eigenvalue weighted by Crippen LogP contribution is -2.35. The molecule has 0 unspecified atom stereocenters. The maximum atomic E-state index is 12.8. The van der Waals surface area contributed by atoms with Gasteiger partial charge < -0.3 is 10.4 Å². The number of aromatic nitrogens is 4. The topological polar surface area (TPSA) is 102 Å². The largest absolute Gasteiger partial charge is 0.395 e. The molecule has 0 bridgehead atoms. The van der Waals surface area contributed by atoms with Crippen LogP contribution in [0.4, 0.5) is 0 Å². The van der Waals surface area contributed by atoms with E-state index in [2.05, 4.69) is 15.5 Å². The van der Waals surface area contributed by atoms with E-state index >= 15 is 0 Å². The van der Waals surface area contributed by atoms with Crippen LogP contribution in [0.25, 0.3) is 5.69 Å². The van der Waals surface area contributed by atoms with Crippen molar-refractivity contribution in [1.82, 2.24) is 24.9 Å². The lowest BCUT2D eigenvalue weighted by Gasteiger charge is -2.10. The summed E-state index contributed by atoms with van der Waals surface area (Å²) >= 11 is 5.91. The predicted molar refractivity (Wildman–Crippen MR) is 100 cm³/mol. The van der Waals surface area contributed by atoms with Crippen molar-refractivity contribution in [3.63, 3.8) is 0 Å². The van der Waals surface area contributed by atoms with Gasteiger partial charge in [0.15, 0.2) is 0 Å². The molecule has 0 aliphatic heterocycles. The molecule has 8 nitrogen and oxygen atoms in total. The molecule has 0 spiro atoms. The van der Waals surface area contributed by atoms with E-state index in [1.54, 1.807) is 30.1 Å². The van der Waals surface area contributed by atoms with E-state index in [4.69, 9.17) is 16.7 Å². The fraction of sp³-hybridized carbons (Fsp3) is 0.222. The number of aliphatic hydroxyl groups excluding tert-OH is 1. The zero-order chi connectivity index (χ0) is 19.4. The molecular weight excluding hydrogens is 370 g/mol. The number of aliphatic hydroxyl groups is 1. The molecule has 9 heteroatoms. The summed E-state index contributed by atoms with van der Waals surface area (Å²) in [6.07, 6.45) is 3.55. The molecule has 2 heterocycles. The second-order valence-electron chi connectivity index (χ2n) is 5.92. The van der Waals surface area contributed by atoms with E-state index in [1.165, 1.54) is 12.3 Å². The van der Waals surface area contributed by atoms with E-state index in [1.807, 2.05) is 12.1 Å². The van der Waals surface area contributed by atoms with Crippen molar-refractivity contribution in [3.8, 4) is 5.69 Å². The molecular formula is C18H18ClN5O3. The minimum Gasteiger partial charge on any atom is -0.395 e. The smallest absolute Gasteiger partial charge is 0.284 e. The molecule has 0 saturated carbocycles. The monoisotopic (exact) mass is 387 g/mol. The maximum Gasteiger partial charge on any atom is 0.284 e. The van der Waals surface area contributed by atoms with Crippen LogP contribution in [-0.2, 0) is 13.5 Å². The third-order valence-electron chi connectivity index (χ3n) is 3.84. The average Bonchev–Trinajstić information content (AvgIpc) is 3.09. The second-order valence-corrected chi connectivity index (χ2v) is 6.36. The zero-order valence-corrected chi connectivity index (χ0v) is 15.3. The first-order valence-corrected chi connectivity index (χ1v) is 8.61. The molecule has 2 aromatic heterocycles. The van der Waals surface area contributed by atoms with Gasteiger partial charge >= 0.3 is 0 Å². The number of hydrogen-bond donors (Lipinski definition) is 2. The van der Waals surface area contributed by atoms with Crippen LogP contribution in [0.1, 0.15) is 21.6 Å². The highest BCUT2D eigenvalue weighted by Gasteiger charge is 2.17. The molecule has 1 amide bonds. The van der Waals surface area contributed by atoms with E-state index in [-0.39, 0.29) is 18.7 Å². The fourth-order valence-electron chi connectivity index (χ4n) is 2.56. The maximum absolute atomic E-state index is 12.8. The van der Waals surface area contributed by atoms with Gasteiger partial charge in [-0.1, -0.05) is 23.7 Å². The third-order valence-corrected chi connectivity index (χ3v) is 4.09. The third kappa shape index (κ3) is 4.42. The van der Waals surface area contributed by atoms with E-state index < -0.39 is 11.5 Å². The molecule has 0 radical (unpaired) electrons. The number of nitrogens with zero attached hydrogens (tertiary/aromatic N) is 4. The van der Waals surface area contributed by atoms with Crippen molar-refractivity contribution >= 4 is 17.5 Å². The summed E-state index contributed by atoms with van der Waals surface area (Å²) in [5.74, 6) is -0.563. The number of benzene rings is 1. The molecule has 3 aromatic rings. The number of aryl methyl sites for hydroxylation is 1. The molecule has 140 valence electrons. The summed E-state index contributed by atoms with van der Waals surface area (Å²) in [4.78, 5) is 25.1. The first-order chi connectivity index (χ1) is 13.0. The zero-order valence-electron chi connectivity index (χ0n) is 14.6. The van der Waals surface area contributed by atoms with Crippen molar-refractivity contribution in [3.05, 3.63) is 74.9 Å². The van der Waals surface area contributed by atoms with E-state index in [9.17, 15) is 9.59 Å². The van der Waals surface area contributed by atoms with Gasteiger partial charge in [0.25, 0.3) is 11.5 Å². The minimum absolute atomic E-state index is 0.0498. The Morgan fingerprint density at radius 3 is 2.67 bits per heavy atom. The van der Waals surface area contributed by atoms with Gasteiger partial charge in [0, 0.05) is 25.0 Å². The normalized spacial score (nSPS) is 10.8. The Morgan fingerprint density at radius 2 is 2.04 bits per heavy atom. The SMILES string of the molecule is Cn1cc(-n2nc(Cc3ccc(Cl)cc3)cc(C(=O)NCCO)c2=O)cn1. The van der Waals surface area contributed by atoms with Crippen molar-refractivity contribution in [2.45, 2.75) is 6.42 Å². The molecule has 0 atom stereocenters. The first kappa shape index (κ1) is 18.8. The summed E-state index contributed by atoms with van der Waals surface area (Å²) in [6.45, 7) is -0.161. The van der Waals surface area contributed by atoms with Crippen LogP contribution in [0.3, 0.4) is 0 Å². The van der Waals surface area contributed by atoms with Crippen LogP contribution in [0.5, 0.6) is 0 Å². The molecule has 1 aromatic carbocycles. The quantitative estimate of drug-likeness (QED) is 0.655. The highest BCUT2D eigenvalue weighted by molar-refractivity contribution is 6.30. The first-order valence-electron chi connectivity index (χ1n) is 8.23. The Balaban J connectivity index is 2.05. The fourth-order valence-corrected chi connectivity index (χ4v) is 2.69. The van der Waals surface area contributed by atoms with Crippen LogP contribution < -0.4 is 10.9 Å². The van der Waals surface area contributed by atoms with Crippen LogP contribution in [0.15, 0.2) is 47.5 Å². The van der Waals surface area contributed by atoms with Crippen LogP contribution in [0, 0.1) is 0 Å². The second kappa shape index (κ2) is 8.15. The number of amides is 1. The average molecular weight is 388 g/mol. The number of halogens is 1. The van der Waals surface area contributed by atoms with E-state index in [0.717, 1.165) is 10.2 Å². The molecule has 0 fully saturated rings. The summed E-state index contributed by atoms with van der Waals surface area (Å²) in [7, 11) is 1.72. The van der Waals surface area contributed by atoms with Gasteiger partial charge in [-0.3, -0.25) is 14.3 Å².